The number of rotatable bonds is 5. The van der Waals surface area contributed by atoms with Gasteiger partial charge in [0.25, 0.3) is 0 Å². The first-order chi connectivity index (χ1) is 10.5. The maximum absolute atomic E-state index is 13.5. The molecule has 0 radical (unpaired) electrons. The summed E-state index contributed by atoms with van der Waals surface area (Å²) in [5.41, 5.74) is 1.54. The average Bonchev–Trinajstić information content (AvgIpc) is 2.46. The standard InChI is InChI=1S/C16H15F2NO2S/c1-10-3-5-14(21-2)13(7-10)19-16(20)9-22-15-6-4-11(17)8-12(15)18/h3-8H,9H2,1-2H3,(H,19,20). The van der Waals surface area contributed by atoms with E-state index in [0.29, 0.717) is 11.4 Å². The molecular weight excluding hydrogens is 308 g/mol. The van der Waals surface area contributed by atoms with Crippen molar-refractivity contribution in [3.8, 4) is 5.75 Å². The van der Waals surface area contributed by atoms with E-state index < -0.39 is 11.6 Å². The van der Waals surface area contributed by atoms with Gasteiger partial charge in [-0.25, -0.2) is 8.78 Å². The van der Waals surface area contributed by atoms with Crippen LogP contribution in [-0.4, -0.2) is 18.8 Å². The minimum Gasteiger partial charge on any atom is -0.495 e. The molecule has 0 unspecified atom stereocenters. The second-order valence-electron chi connectivity index (χ2n) is 4.62. The summed E-state index contributed by atoms with van der Waals surface area (Å²) in [5, 5.41) is 2.72. The van der Waals surface area contributed by atoms with Gasteiger partial charge >= 0.3 is 0 Å². The molecule has 1 amide bonds. The summed E-state index contributed by atoms with van der Waals surface area (Å²) in [6.07, 6.45) is 0. The van der Waals surface area contributed by atoms with Gasteiger partial charge in [0.15, 0.2) is 0 Å². The number of ether oxygens (including phenoxy) is 1. The predicted molar refractivity (Wildman–Crippen MR) is 83.4 cm³/mol. The molecule has 0 aliphatic carbocycles. The van der Waals surface area contributed by atoms with E-state index in [1.165, 1.54) is 13.2 Å². The molecule has 116 valence electrons. The minimum atomic E-state index is -0.675. The number of aryl methyl sites for hydroxylation is 1. The maximum atomic E-state index is 13.5. The van der Waals surface area contributed by atoms with E-state index in [4.69, 9.17) is 4.74 Å². The van der Waals surface area contributed by atoms with Crippen LogP contribution in [0.5, 0.6) is 5.75 Å². The van der Waals surface area contributed by atoms with E-state index in [2.05, 4.69) is 5.32 Å². The van der Waals surface area contributed by atoms with Crippen LogP contribution in [-0.2, 0) is 4.79 Å². The van der Waals surface area contributed by atoms with Crippen molar-refractivity contribution in [2.24, 2.45) is 0 Å². The Hall–Kier alpha value is -2.08. The monoisotopic (exact) mass is 323 g/mol. The fourth-order valence-corrected chi connectivity index (χ4v) is 2.56. The fourth-order valence-electron chi connectivity index (χ4n) is 1.84. The van der Waals surface area contributed by atoms with Crippen molar-refractivity contribution in [3.63, 3.8) is 0 Å². The lowest BCUT2D eigenvalue weighted by molar-refractivity contribution is -0.113. The number of hydrogen-bond acceptors (Lipinski definition) is 3. The first-order valence-corrected chi connectivity index (χ1v) is 7.50. The lowest BCUT2D eigenvalue weighted by Gasteiger charge is -2.11. The molecule has 0 aliphatic heterocycles. The van der Waals surface area contributed by atoms with Crippen LogP contribution in [0.3, 0.4) is 0 Å². The molecule has 2 aromatic carbocycles. The van der Waals surface area contributed by atoms with Crippen LogP contribution in [0.2, 0.25) is 0 Å². The van der Waals surface area contributed by atoms with E-state index in [-0.39, 0.29) is 16.6 Å². The van der Waals surface area contributed by atoms with Gasteiger partial charge in [-0.15, -0.1) is 11.8 Å². The smallest absolute Gasteiger partial charge is 0.234 e. The molecular formula is C16H15F2NO2S. The van der Waals surface area contributed by atoms with Crippen molar-refractivity contribution in [2.45, 2.75) is 11.8 Å². The van der Waals surface area contributed by atoms with Gasteiger partial charge in [0.2, 0.25) is 5.91 Å². The molecule has 0 fully saturated rings. The quantitative estimate of drug-likeness (QED) is 0.845. The van der Waals surface area contributed by atoms with E-state index >= 15 is 0 Å². The Balaban J connectivity index is 2.00. The first kappa shape index (κ1) is 16.3. The molecule has 2 aromatic rings. The lowest BCUT2D eigenvalue weighted by Crippen LogP contribution is -2.15. The molecule has 6 heteroatoms. The third-order valence-electron chi connectivity index (χ3n) is 2.88. The van der Waals surface area contributed by atoms with Gasteiger partial charge in [-0.2, -0.15) is 0 Å². The number of carbonyl (C=O) groups is 1. The Morgan fingerprint density at radius 1 is 1.23 bits per heavy atom. The molecule has 0 aromatic heterocycles. The van der Waals surface area contributed by atoms with Gasteiger partial charge in [-0.3, -0.25) is 4.79 Å². The second-order valence-corrected chi connectivity index (χ2v) is 5.63. The van der Waals surface area contributed by atoms with Crippen LogP contribution in [0.15, 0.2) is 41.3 Å². The Kier molecular flexibility index (Phi) is 5.38. The van der Waals surface area contributed by atoms with Gasteiger partial charge in [0.1, 0.15) is 17.4 Å². The topological polar surface area (TPSA) is 38.3 Å². The second kappa shape index (κ2) is 7.26. The molecule has 0 bridgehead atoms. The van der Waals surface area contributed by atoms with Gasteiger partial charge in [-0.05, 0) is 36.8 Å². The number of halogens is 2. The molecule has 2 rings (SSSR count). The van der Waals surface area contributed by atoms with Crippen LogP contribution in [0.25, 0.3) is 0 Å². The molecule has 22 heavy (non-hydrogen) atoms. The number of methoxy groups -OCH3 is 1. The molecule has 3 nitrogen and oxygen atoms in total. The number of anilines is 1. The van der Waals surface area contributed by atoms with Crippen molar-refractivity contribution in [1.29, 1.82) is 0 Å². The fraction of sp³-hybridized carbons (Fsp3) is 0.188. The van der Waals surface area contributed by atoms with Crippen molar-refractivity contribution in [1.82, 2.24) is 0 Å². The number of benzene rings is 2. The van der Waals surface area contributed by atoms with E-state index in [9.17, 15) is 13.6 Å². The normalized spacial score (nSPS) is 10.4. The Morgan fingerprint density at radius 2 is 2.00 bits per heavy atom. The number of nitrogens with one attached hydrogen (secondary N) is 1. The predicted octanol–water partition coefficient (Wildman–Crippen LogP) is 4.01. The van der Waals surface area contributed by atoms with Crippen LogP contribution in [0, 0.1) is 18.6 Å². The lowest BCUT2D eigenvalue weighted by atomic mass is 10.2. The van der Waals surface area contributed by atoms with E-state index in [0.717, 1.165) is 29.5 Å². The van der Waals surface area contributed by atoms with Crippen molar-refractivity contribution >= 4 is 23.4 Å². The minimum absolute atomic E-state index is 0.0135. The molecule has 0 saturated carbocycles. The van der Waals surface area contributed by atoms with Crippen molar-refractivity contribution in [3.05, 3.63) is 53.6 Å². The molecule has 0 spiro atoms. The summed E-state index contributed by atoms with van der Waals surface area (Å²) >= 11 is 1.01. The van der Waals surface area contributed by atoms with E-state index in [1.54, 1.807) is 12.1 Å². The van der Waals surface area contributed by atoms with Crippen LogP contribution >= 0.6 is 11.8 Å². The maximum Gasteiger partial charge on any atom is 0.234 e. The Morgan fingerprint density at radius 3 is 2.68 bits per heavy atom. The SMILES string of the molecule is COc1ccc(C)cc1NC(=O)CSc1ccc(F)cc1F. The Bertz CT molecular complexity index is 692. The number of thioether (sulfide) groups is 1. The zero-order valence-electron chi connectivity index (χ0n) is 12.2. The van der Waals surface area contributed by atoms with Crippen LogP contribution in [0.1, 0.15) is 5.56 Å². The van der Waals surface area contributed by atoms with Crippen molar-refractivity contribution < 1.29 is 18.3 Å². The van der Waals surface area contributed by atoms with Gasteiger partial charge in [-0.1, -0.05) is 6.07 Å². The summed E-state index contributed by atoms with van der Waals surface area (Å²) in [4.78, 5) is 12.2. The number of amides is 1. The number of hydrogen-bond donors (Lipinski definition) is 1. The third-order valence-corrected chi connectivity index (χ3v) is 3.93. The van der Waals surface area contributed by atoms with Crippen LogP contribution in [0.4, 0.5) is 14.5 Å². The Labute approximate surface area is 131 Å². The molecule has 1 N–H and O–H groups in total. The summed E-state index contributed by atoms with van der Waals surface area (Å²) in [6, 6.07) is 8.70. The summed E-state index contributed by atoms with van der Waals surface area (Å²) < 4.78 is 31.5. The highest BCUT2D eigenvalue weighted by Crippen LogP contribution is 2.26. The highest BCUT2D eigenvalue weighted by molar-refractivity contribution is 8.00. The van der Waals surface area contributed by atoms with Gasteiger partial charge in [0.05, 0.1) is 18.6 Å². The largest absolute Gasteiger partial charge is 0.495 e. The highest BCUT2D eigenvalue weighted by atomic mass is 32.2. The molecule has 0 aliphatic rings. The average molecular weight is 323 g/mol. The first-order valence-electron chi connectivity index (χ1n) is 6.52. The zero-order valence-corrected chi connectivity index (χ0v) is 13.0. The third kappa shape index (κ3) is 4.21. The van der Waals surface area contributed by atoms with Crippen molar-refractivity contribution in [2.75, 3.05) is 18.2 Å². The van der Waals surface area contributed by atoms with Gasteiger partial charge < -0.3 is 10.1 Å². The molecule has 0 atom stereocenters. The van der Waals surface area contributed by atoms with Crippen LogP contribution < -0.4 is 10.1 Å². The number of carbonyl (C=O) groups excluding carboxylic acids is 1. The van der Waals surface area contributed by atoms with E-state index in [1.807, 2.05) is 13.0 Å². The highest BCUT2D eigenvalue weighted by Gasteiger charge is 2.10. The zero-order chi connectivity index (χ0) is 16.1. The molecule has 0 saturated heterocycles. The summed E-state index contributed by atoms with van der Waals surface area (Å²) in [5.74, 6) is -1.05. The molecule has 0 heterocycles. The summed E-state index contributed by atoms with van der Waals surface area (Å²) in [6.45, 7) is 1.90. The summed E-state index contributed by atoms with van der Waals surface area (Å²) in [7, 11) is 1.52. The van der Waals surface area contributed by atoms with Gasteiger partial charge in [0, 0.05) is 11.0 Å².